The maximum absolute atomic E-state index is 11.8. The maximum Gasteiger partial charge on any atom is 0.303 e. The zero-order valence-corrected chi connectivity index (χ0v) is 10.3. The highest BCUT2D eigenvalue weighted by molar-refractivity contribution is 5.94. The zero-order chi connectivity index (χ0) is 13.8. The molecule has 1 amide bonds. The van der Waals surface area contributed by atoms with Crippen molar-refractivity contribution < 1.29 is 14.7 Å². The molecule has 0 atom stereocenters. The standard InChI is InChI=1S/C12H16N2O4/c1-12(2,6-5-9(15)16)14-11(18)8-4-3-7-13-10(8)17/h3-4,7H,5-6H2,1-2H3,(H,13,17)(H,14,18)(H,15,16). The van der Waals surface area contributed by atoms with Crippen LogP contribution < -0.4 is 10.9 Å². The molecule has 0 radical (unpaired) electrons. The van der Waals surface area contributed by atoms with Crippen molar-refractivity contribution in [2.45, 2.75) is 32.2 Å². The first kappa shape index (κ1) is 14.0. The number of aromatic amines is 1. The highest BCUT2D eigenvalue weighted by atomic mass is 16.4. The Morgan fingerprint density at radius 3 is 2.67 bits per heavy atom. The summed E-state index contributed by atoms with van der Waals surface area (Å²) in [4.78, 5) is 36.1. The normalized spacial score (nSPS) is 11.0. The van der Waals surface area contributed by atoms with Crippen LogP contribution in [-0.2, 0) is 4.79 Å². The van der Waals surface area contributed by atoms with Gasteiger partial charge in [-0.25, -0.2) is 0 Å². The number of hydrogen-bond acceptors (Lipinski definition) is 3. The van der Waals surface area contributed by atoms with Crippen molar-refractivity contribution in [3.05, 3.63) is 34.2 Å². The number of carboxylic acid groups (broad SMARTS) is 1. The third kappa shape index (κ3) is 4.04. The van der Waals surface area contributed by atoms with Crippen molar-refractivity contribution in [2.24, 2.45) is 0 Å². The van der Waals surface area contributed by atoms with E-state index in [1.807, 2.05) is 0 Å². The number of amides is 1. The second-order valence-corrected chi connectivity index (χ2v) is 4.64. The number of carbonyl (C=O) groups is 2. The zero-order valence-electron chi connectivity index (χ0n) is 10.3. The lowest BCUT2D eigenvalue weighted by molar-refractivity contribution is -0.137. The molecule has 18 heavy (non-hydrogen) atoms. The molecular formula is C12H16N2O4. The summed E-state index contributed by atoms with van der Waals surface area (Å²) < 4.78 is 0. The minimum atomic E-state index is -0.921. The summed E-state index contributed by atoms with van der Waals surface area (Å²) >= 11 is 0. The van der Waals surface area contributed by atoms with Crippen LogP contribution >= 0.6 is 0 Å². The molecule has 6 heteroatoms. The molecule has 0 bridgehead atoms. The molecule has 3 N–H and O–H groups in total. The third-order valence-corrected chi connectivity index (χ3v) is 2.48. The van der Waals surface area contributed by atoms with Crippen molar-refractivity contribution in [3.63, 3.8) is 0 Å². The molecule has 0 fully saturated rings. The van der Waals surface area contributed by atoms with Gasteiger partial charge >= 0.3 is 5.97 Å². The van der Waals surface area contributed by atoms with Crippen LogP contribution in [0, 0.1) is 0 Å². The van der Waals surface area contributed by atoms with Gasteiger partial charge in [-0.05, 0) is 32.4 Å². The van der Waals surface area contributed by atoms with E-state index in [-0.39, 0.29) is 12.0 Å². The molecular weight excluding hydrogens is 236 g/mol. The summed E-state index contributed by atoms with van der Waals surface area (Å²) in [5, 5.41) is 11.3. The first-order valence-electron chi connectivity index (χ1n) is 5.54. The van der Waals surface area contributed by atoms with Gasteiger partial charge in [-0.1, -0.05) is 0 Å². The molecule has 1 heterocycles. The number of H-pyrrole nitrogens is 1. The molecule has 0 saturated carbocycles. The Bertz CT molecular complexity index is 505. The molecule has 98 valence electrons. The van der Waals surface area contributed by atoms with E-state index in [2.05, 4.69) is 10.3 Å². The Kier molecular flexibility index (Phi) is 4.25. The summed E-state index contributed by atoms with van der Waals surface area (Å²) in [5.74, 6) is -1.43. The van der Waals surface area contributed by atoms with Gasteiger partial charge in [-0.15, -0.1) is 0 Å². The molecule has 0 saturated heterocycles. The largest absolute Gasteiger partial charge is 0.481 e. The monoisotopic (exact) mass is 252 g/mol. The van der Waals surface area contributed by atoms with E-state index in [0.29, 0.717) is 6.42 Å². The number of carbonyl (C=O) groups excluding carboxylic acids is 1. The van der Waals surface area contributed by atoms with E-state index in [9.17, 15) is 14.4 Å². The molecule has 6 nitrogen and oxygen atoms in total. The van der Waals surface area contributed by atoms with Crippen molar-refractivity contribution in [1.82, 2.24) is 10.3 Å². The van der Waals surface area contributed by atoms with Gasteiger partial charge in [-0.2, -0.15) is 0 Å². The Balaban J connectivity index is 2.73. The molecule has 0 aliphatic rings. The SMILES string of the molecule is CC(C)(CCC(=O)O)NC(=O)c1ccc[nH]c1=O. The Hall–Kier alpha value is -2.11. The van der Waals surface area contributed by atoms with Gasteiger partial charge in [0, 0.05) is 18.2 Å². The van der Waals surface area contributed by atoms with Crippen molar-refractivity contribution in [3.8, 4) is 0 Å². The van der Waals surface area contributed by atoms with Crippen molar-refractivity contribution in [1.29, 1.82) is 0 Å². The van der Waals surface area contributed by atoms with E-state index in [4.69, 9.17) is 5.11 Å². The fraction of sp³-hybridized carbons (Fsp3) is 0.417. The van der Waals surface area contributed by atoms with E-state index in [1.54, 1.807) is 19.9 Å². The minimum absolute atomic E-state index is 0.0147. The lowest BCUT2D eigenvalue weighted by Gasteiger charge is -2.25. The number of hydrogen-bond donors (Lipinski definition) is 3. The highest BCUT2D eigenvalue weighted by Gasteiger charge is 2.23. The van der Waals surface area contributed by atoms with Gasteiger partial charge < -0.3 is 15.4 Å². The molecule has 0 unspecified atom stereocenters. The average molecular weight is 252 g/mol. The van der Waals surface area contributed by atoms with Crippen LogP contribution in [0.5, 0.6) is 0 Å². The van der Waals surface area contributed by atoms with Crippen LogP contribution in [0.15, 0.2) is 23.1 Å². The van der Waals surface area contributed by atoms with Gasteiger partial charge in [0.25, 0.3) is 11.5 Å². The van der Waals surface area contributed by atoms with E-state index in [1.165, 1.54) is 12.3 Å². The van der Waals surface area contributed by atoms with Crippen LogP contribution in [-0.4, -0.2) is 27.5 Å². The number of pyridine rings is 1. The van der Waals surface area contributed by atoms with Crippen LogP contribution in [0.25, 0.3) is 0 Å². The fourth-order valence-electron chi connectivity index (χ4n) is 1.46. The molecule has 1 aromatic heterocycles. The lowest BCUT2D eigenvalue weighted by atomic mass is 9.98. The number of rotatable bonds is 5. The molecule has 0 aliphatic carbocycles. The van der Waals surface area contributed by atoms with E-state index < -0.39 is 23.0 Å². The maximum atomic E-state index is 11.8. The predicted octanol–water partition coefficient (Wildman–Crippen LogP) is 0.748. The molecule has 0 aromatic carbocycles. The second-order valence-electron chi connectivity index (χ2n) is 4.64. The smallest absolute Gasteiger partial charge is 0.303 e. The Labute approximate surface area is 104 Å². The van der Waals surface area contributed by atoms with Crippen LogP contribution in [0.1, 0.15) is 37.0 Å². The van der Waals surface area contributed by atoms with Crippen LogP contribution in [0.4, 0.5) is 0 Å². The molecule has 0 spiro atoms. The van der Waals surface area contributed by atoms with Crippen molar-refractivity contribution in [2.75, 3.05) is 0 Å². The second kappa shape index (κ2) is 5.48. The predicted molar refractivity (Wildman–Crippen MR) is 65.5 cm³/mol. The van der Waals surface area contributed by atoms with E-state index >= 15 is 0 Å². The summed E-state index contributed by atoms with van der Waals surface area (Å²) in [6.45, 7) is 3.43. The minimum Gasteiger partial charge on any atom is -0.481 e. The summed E-state index contributed by atoms with van der Waals surface area (Å²) in [5.41, 5.74) is -1.14. The number of aliphatic carboxylic acids is 1. The Morgan fingerprint density at radius 2 is 2.11 bits per heavy atom. The average Bonchev–Trinajstić information content (AvgIpc) is 2.26. The quantitative estimate of drug-likeness (QED) is 0.720. The Morgan fingerprint density at radius 1 is 1.44 bits per heavy atom. The topological polar surface area (TPSA) is 99.3 Å². The summed E-state index contributed by atoms with van der Waals surface area (Å²) in [6.07, 6.45) is 1.69. The fourth-order valence-corrected chi connectivity index (χ4v) is 1.46. The number of nitrogens with one attached hydrogen (secondary N) is 2. The third-order valence-electron chi connectivity index (χ3n) is 2.48. The van der Waals surface area contributed by atoms with Gasteiger partial charge in [0.05, 0.1) is 0 Å². The molecule has 1 aromatic rings. The van der Waals surface area contributed by atoms with Gasteiger partial charge in [0.1, 0.15) is 5.56 Å². The van der Waals surface area contributed by atoms with Crippen molar-refractivity contribution >= 4 is 11.9 Å². The number of aromatic nitrogens is 1. The van der Waals surface area contributed by atoms with Gasteiger partial charge in [-0.3, -0.25) is 14.4 Å². The summed E-state index contributed by atoms with van der Waals surface area (Å²) in [7, 11) is 0. The lowest BCUT2D eigenvalue weighted by Crippen LogP contribution is -2.45. The van der Waals surface area contributed by atoms with Gasteiger partial charge in [0.15, 0.2) is 0 Å². The first-order chi connectivity index (χ1) is 8.32. The van der Waals surface area contributed by atoms with Crippen LogP contribution in [0.3, 0.4) is 0 Å². The number of carboxylic acids is 1. The molecule has 1 rings (SSSR count). The first-order valence-corrected chi connectivity index (χ1v) is 5.54. The highest BCUT2D eigenvalue weighted by Crippen LogP contribution is 2.11. The molecule has 0 aliphatic heterocycles. The summed E-state index contributed by atoms with van der Waals surface area (Å²) in [6, 6.07) is 2.97. The van der Waals surface area contributed by atoms with Crippen LogP contribution in [0.2, 0.25) is 0 Å². The van der Waals surface area contributed by atoms with Gasteiger partial charge in [0.2, 0.25) is 0 Å². The van der Waals surface area contributed by atoms with E-state index in [0.717, 1.165) is 0 Å².